The molecule has 0 aliphatic heterocycles. The summed E-state index contributed by atoms with van der Waals surface area (Å²) in [6, 6.07) is 17.2. The van der Waals surface area contributed by atoms with E-state index in [4.69, 9.17) is 0 Å². The van der Waals surface area contributed by atoms with Gasteiger partial charge >= 0.3 is 0 Å². The van der Waals surface area contributed by atoms with Crippen LogP contribution in [0.4, 0.5) is 0 Å². The van der Waals surface area contributed by atoms with Crippen LogP contribution in [0.5, 0.6) is 0 Å². The Labute approximate surface area is 130 Å². The largest absolute Gasteiger partial charge is 0.120 e. The SMILES string of the molecule is C.C[c-]1c2ccccc2c2ccccc21.[B].[Y]. The number of fused-ring (bicyclic) bond motifs is 3. The fourth-order valence-corrected chi connectivity index (χ4v) is 2.24. The molecule has 17 heavy (non-hydrogen) atoms. The van der Waals surface area contributed by atoms with E-state index in [9.17, 15) is 0 Å². The van der Waals surface area contributed by atoms with Crippen LogP contribution < -0.4 is 0 Å². The van der Waals surface area contributed by atoms with E-state index >= 15 is 0 Å². The molecule has 0 heterocycles. The fraction of sp³-hybridized carbons (Fsp3) is 0.133. The van der Waals surface area contributed by atoms with Crippen LogP contribution in [0.1, 0.15) is 13.0 Å². The van der Waals surface area contributed by atoms with Crippen molar-refractivity contribution < 1.29 is 32.7 Å². The van der Waals surface area contributed by atoms with Crippen molar-refractivity contribution in [2.45, 2.75) is 14.4 Å². The van der Waals surface area contributed by atoms with E-state index in [-0.39, 0.29) is 48.5 Å². The van der Waals surface area contributed by atoms with E-state index in [1.807, 2.05) is 0 Å². The zero-order valence-corrected chi connectivity index (χ0v) is 12.1. The van der Waals surface area contributed by atoms with Crippen molar-refractivity contribution >= 4 is 30.0 Å². The minimum absolute atomic E-state index is 0. The standard InChI is InChI=1S/C14H11.CH4.B.Y/c1-10-11-6-2-4-8-13(11)14-9-5-3-7-12(10)14;;;/h2-9H,1H3;1H4;;/q-1;;;. The molecule has 3 rings (SSSR count). The van der Waals surface area contributed by atoms with E-state index in [0.717, 1.165) is 0 Å². The monoisotopic (exact) mass is 295 g/mol. The smallest absolute Gasteiger partial charge is 0 e. The molecule has 82 valence electrons. The van der Waals surface area contributed by atoms with Gasteiger partial charge < -0.3 is 0 Å². The Morgan fingerprint density at radius 2 is 1.12 bits per heavy atom. The van der Waals surface area contributed by atoms with Crippen molar-refractivity contribution in [3.05, 3.63) is 54.1 Å². The van der Waals surface area contributed by atoms with E-state index in [2.05, 4.69) is 55.5 Å². The van der Waals surface area contributed by atoms with E-state index in [1.54, 1.807) is 0 Å². The van der Waals surface area contributed by atoms with Crippen molar-refractivity contribution in [2.24, 2.45) is 0 Å². The number of aryl methyl sites for hydroxylation is 1. The Hall–Kier alpha value is -0.521. The average Bonchev–Trinajstić information content (AvgIpc) is 2.55. The summed E-state index contributed by atoms with van der Waals surface area (Å²) in [5.41, 5.74) is 1.40. The van der Waals surface area contributed by atoms with E-state index in [0.29, 0.717) is 0 Å². The van der Waals surface area contributed by atoms with Crippen LogP contribution in [-0.4, -0.2) is 8.41 Å². The van der Waals surface area contributed by atoms with Gasteiger partial charge in [0.25, 0.3) is 0 Å². The summed E-state index contributed by atoms with van der Waals surface area (Å²) in [4.78, 5) is 0. The van der Waals surface area contributed by atoms with Crippen molar-refractivity contribution in [1.29, 1.82) is 0 Å². The zero-order chi connectivity index (χ0) is 9.54. The second kappa shape index (κ2) is 6.42. The predicted molar refractivity (Wildman–Crippen MR) is 74.3 cm³/mol. The van der Waals surface area contributed by atoms with Crippen LogP contribution >= 0.6 is 0 Å². The van der Waals surface area contributed by atoms with Crippen molar-refractivity contribution in [3.8, 4) is 0 Å². The van der Waals surface area contributed by atoms with E-state index < -0.39 is 0 Å². The number of hydrogen-bond acceptors (Lipinski definition) is 0. The Bertz CT molecular complexity index is 557. The summed E-state index contributed by atoms with van der Waals surface area (Å²) >= 11 is 0. The van der Waals surface area contributed by atoms with Crippen LogP contribution in [0.3, 0.4) is 0 Å². The first kappa shape index (κ1) is 16.5. The van der Waals surface area contributed by atoms with Gasteiger partial charge in [0, 0.05) is 41.1 Å². The Balaban J connectivity index is 0.000000853. The Morgan fingerprint density at radius 3 is 1.53 bits per heavy atom. The quantitative estimate of drug-likeness (QED) is 0.429. The maximum absolute atomic E-state index is 2.20. The van der Waals surface area contributed by atoms with Gasteiger partial charge in [0.05, 0.1) is 0 Å². The molecule has 3 aromatic rings. The fourth-order valence-electron chi connectivity index (χ4n) is 2.24. The average molecular weight is 295 g/mol. The zero-order valence-electron chi connectivity index (χ0n) is 9.27. The summed E-state index contributed by atoms with van der Waals surface area (Å²) < 4.78 is 0. The van der Waals surface area contributed by atoms with Gasteiger partial charge in [0.1, 0.15) is 0 Å². The molecule has 0 aromatic heterocycles. The molecule has 0 bridgehead atoms. The van der Waals surface area contributed by atoms with Crippen LogP contribution in [0.15, 0.2) is 48.5 Å². The van der Waals surface area contributed by atoms with Gasteiger partial charge in [-0.3, -0.25) is 0 Å². The van der Waals surface area contributed by atoms with Crippen molar-refractivity contribution in [1.82, 2.24) is 0 Å². The molecule has 0 aliphatic rings. The van der Waals surface area contributed by atoms with Gasteiger partial charge in [-0.15, -0.1) is 39.2 Å². The molecule has 2 heteroatoms. The summed E-state index contributed by atoms with van der Waals surface area (Å²) in [7, 11) is 0. The minimum atomic E-state index is 0. The molecule has 0 amide bonds. The van der Waals surface area contributed by atoms with Gasteiger partial charge in [-0.2, -0.15) is 0 Å². The first-order valence-electron chi connectivity index (χ1n) is 4.90. The molecule has 0 nitrogen and oxygen atoms in total. The molecule has 0 fully saturated rings. The third kappa shape index (κ3) is 2.51. The summed E-state index contributed by atoms with van der Waals surface area (Å²) in [5, 5.41) is 5.52. The maximum Gasteiger partial charge on any atom is 0 e. The van der Waals surface area contributed by atoms with Crippen LogP contribution in [-0.2, 0) is 32.7 Å². The molecule has 0 saturated heterocycles. The molecule has 0 spiro atoms. The number of rotatable bonds is 0. The first-order chi connectivity index (χ1) is 6.88. The van der Waals surface area contributed by atoms with Crippen molar-refractivity contribution in [3.63, 3.8) is 0 Å². The summed E-state index contributed by atoms with van der Waals surface area (Å²) in [5.74, 6) is 0. The normalized spacial score (nSPS) is 9.24. The predicted octanol–water partition coefficient (Wildman–Crippen LogP) is 4.27. The molecular formula is C15H15BY-. The van der Waals surface area contributed by atoms with Gasteiger partial charge in [0.2, 0.25) is 0 Å². The van der Waals surface area contributed by atoms with Gasteiger partial charge in [-0.25, -0.2) is 0 Å². The molecular weight excluding hydrogens is 280 g/mol. The van der Waals surface area contributed by atoms with Crippen LogP contribution in [0, 0.1) is 6.92 Å². The topological polar surface area (TPSA) is 0 Å². The van der Waals surface area contributed by atoms with Crippen LogP contribution in [0.2, 0.25) is 0 Å². The minimum Gasteiger partial charge on any atom is -0.120 e. The molecule has 0 saturated carbocycles. The molecule has 3 aromatic carbocycles. The summed E-state index contributed by atoms with van der Waals surface area (Å²) in [6.45, 7) is 2.20. The van der Waals surface area contributed by atoms with Crippen molar-refractivity contribution in [2.75, 3.05) is 0 Å². The molecule has 0 aliphatic carbocycles. The second-order valence-electron chi connectivity index (χ2n) is 3.72. The Kier molecular flexibility index (Phi) is 6.22. The number of benzene rings is 2. The third-order valence-electron chi connectivity index (χ3n) is 2.95. The Morgan fingerprint density at radius 1 is 0.765 bits per heavy atom. The molecule has 4 radical (unpaired) electrons. The maximum atomic E-state index is 2.20. The molecule has 0 N–H and O–H groups in total. The first-order valence-corrected chi connectivity index (χ1v) is 4.90. The van der Waals surface area contributed by atoms with Gasteiger partial charge in [-0.05, 0) is 0 Å². The van der Waals surface area contributed by atoms with E-state index in [1.165, 1.54) is 27.1 Å². The molecule has 0 unspecified atom stereocenters. The summed E-state index contributed by atoms with van der Waals surface area (Å²) in [6.07, 6.45) is 0. The third-order valence-corrected chi connectivity index (χ3v) is 2.95. The van der Waals surface area contributed by atoms with Gasteiger partial charge in [-0.1, -0.05) is 50.7 Å². The molecule has 0 atom stereocenters. The van der Waals surface area contributed by atoms with Crippen LogP contribution in [0.25, 0.3) is 21.5 Å². The second-order valence-corrected chi connectivity index (χ2v) is 3.72. The van der Waals surface area contributed by atoms with Gasteiger partial charge in [0.15, 0.2) is 0 Å². The number of hydrogen-bond donors (Lipinski definition) is 0.